The number of hydrogen-bond donors (Lipinski definition) is 1. The SMILES string of the molecule is Cc1ccc(OC(C)c2nnc(SCC(=O)Nc3cc(Cl)ccc3Cl)n2C)cc1C. The van der Waals surface area contributed by atoms with E-state index in [-0.39, 0.29) is 17.8 Å². The van der Waals surface area contributed by atoms with E-state index in [0.717, 1.165) is 5.75 Å². The van der Waals surface area contributed by atoms with Gasteiger partial charge in [-0.2, -0.15) is 0 Å². The van der Waals surface area contributed by atoms with Crippen molar-refractivity contribution in [2.24, 2.45) is 7.05 Å². The van der Waals surface area contributed by atoms with Gasteiger partial charge in [0.25, 0.3) is 0 Å². The van der Waals surface area contributed by atoms with E-state index in [9.17, 15) is 4.79 Å². The Bertz CT molecular complexity index is 1070. The minimum Gasteiger partial charge on any atom is -0.483 e. The summed E-state index contributed by atoms with van der Waals surface area (Å²) in [6.07, 6.45) is -0.293. The van der Waals surface area contributed by atoms with Crippen molar-refractivity contribution in [3.05, 3.63) is 63.4 Å². The molecule has 30 heavy (non-hydrogen) atoms. The number of aromatic nitrogens is 3. The second kappa shape index (κ2) is 9.73. The molecule has 3 rings (SSSR count). The molecule has 0 saturated heterocycles. The van der Waals surface area contributed by atoms with Crippen LogP contribution in [-0.4, -0.2) is 26.4 Å². The highest BCUT2D eigenvalue weighted by Gasteiger charge is 2.18. The molecule has 0 spiro atoms. The van der Waals surface area contributed by atoms with E-state index in [1.165, 1.54) is 22.9 Å². The van der Waals surface area contributed by atoms with Crippen LogP contribution in [0.3, 0.4) is 0 Å². The summed E-state index contributed by atoms with van der Waals surface area (Å²) in [5, 5.41) is 12.7. The minimum atomic E-state index is -0.293. The smallest absolute Gasteiger partial charge is 0.234 e. The highest BCUT2D eigenvalue weighted by molar-refractivity contribution is 7.99. The Hall–Kier alpha value is -2.22. The van der Waals surface area contributed by atoms with Crippen molar-refractivity contribution in [1.29, 1.82) is 0 Å². The number of benzene rings is 2. The first-order valence-electron chi connectivity index (χ1n) is 9.25. The summed E-state index contributed by atoms with van der Waals surface area (Å²) in [6, 6.07) is 10.9. The molecule has 1 N–H and O–H groups in total. The average molecular weight is 465 g/mol. The lowest BCUT2D eigenvalue weighted by molar-refractivity contribution is -0.113. The van der Waals surface area contributed by atoms with Crippen LogP contribution in [0, 0.1) is 13.8 Å². The first-order valence-corrected chi connectivity index (χ1v) is 11.0. The van der Waals surface area contributed by atoms with Crippen molar-refractivity contribution in [2.45, 2.75) is 32.0 Å². The molecule has 158 valence electrons. The molecule has 0 aliphatic rings. The van der Waals surface area contributed by atoms with Gasteiger partial charge in [0.2, 0.25) is 5.91 Å². The van der Waals surface area contributed by atoms with Crippen LogP contribution in [0.4, 0.5) is 5.69 Å². The topological polar surface area (TPSA) is 69.0 Å². The molecular formula is C21H22Cl2N4O2S. The number of nitrogens with zero attached hydrogens (tertiary/aromatic N) is 3. The maximum absolute atomic E-state index is 12.3. The monoisotopic (exact) mass is 464 g/mol. The van der Waals surface area contributed by atoms with Crippen molar-refractivity contribution in [1.82, 2.24) is 14.8 Å². The molecule has 0 radical (unpaired) electrons. The Morgan fingerprint density at radius 1 is 1.17 bits per heavy atom. The summed E-state index contributed by atoms with van der Waals surface area (Å²) in [4.78, 5) is 12.3. The summed E-state index contributed by atoms with van der Waals surface area (Å²) < 4.78 is 7.85. The number of amides is 1. The number of carbonyl (C=O) groups excluding carboxylic acids is 1. The average Bonchev–Trinajstić information content (AvgIpc) is 3.06. The number of carbonyl (C=O) groups is 1. The van der Waals surface area contributed by atoms with E-state index in [0.29, 0.717) is 26.7 Å². The van der Waals surface area contributed by atoms with Crippen molar-refractivity contribution in [3.63, 3.8) is 0 Å². The van der Waals surface area contributed by atoms with Crippen molar-refractivity contribution in [2.75, 3.05) is 11.1 Å². The number of ether oxygens (including phenoxy) is 1. The van der Waals surface area contributed by atoms with E-state index in [1.54, 1.807) is 18.2 Å². The molecule has 1 unspecified atom stereocenters. The second-order valence-corrected chi connectivity index (χ2v) is 8.65. The lowest BCUT2D eigenvalue weighted by Crippen LogP contribution is -2.15. The third-order valence-electron chi connectivity index (χ3n) is 4.56. The Morgan fingerprint density at radius 3 is 2.67 bits per heavy atom. The maximum atomic E-state index is 12.3. The van der Waals surface area contributed by atoms with E-state index in [4.69, 9.17) is 27.9 Å². The minimum absolute atomic E-state index is 0.154. The summed E-state index contributed by atoms with van der Waals surface area (Å²) in [5.74, 6) is 1.39. The van der Waals surface area contributed by atoms with Gasteiger partial charge in [0, 0.05) is 12.1 Å². The molecule has 0 bridgehead atoms. The van der Waals surface area contributed by atoms with Crippen LogP contribution in [0.5, 0.6) is 5.75 Å². The van der Waals surface area contributed by atoms with E-state index >= 15 is 0 Å². The molecule has 1 aromatic heterocycles. The first kappa shape index (κ1) is 22.5. The molecule has 0 fully saturated rings. The van der Waals surface area contributed by atoms with E-state index in [2.05, 4.69) is 22.4 Å². The van der Waals surface area contributed by atoms with Crippen LogP contribution in [-0.2, 0) is 11.8 Å². The number of thioether (sulfide) groups is 1. The number of rotatable bonds is 7. The molecule has 6 nitrogen and oxygen atoms in total. The van der Waals surface area contributed by atoms with Gasteiger partial charge in [-0.05, 0) is 62.2 Å². The number of halogens is 2. The van der Waals surface area contributed by atoms with Gasteiger partial charge in [-0.15, -0.1) is 10.2 Å². The van der Waals surface area contributed by atoms with Crippen LogP contribution >= 0.6 is 35.0 Å². The van der Waals surface area contributed by atoms with Crippen LogP contribution in [0.25, 0.3) is 0 Å². The molecular weight excluding hydrogens is 443 g/mol. The highest BCUT2D eigenvalue weighted by atomic mass is 35.5. The van der Waals surface area contributed by atoms with Crippen LogP contribution in [0.1, 0.15) is 30.0 Å². The standard InChI is InChI=1S/C21H22Cl2N4O2S/c1-12-5-7-16(9-13(12)2)29-14(3)20-25-26-21(27(20)4)30-11-19(28)24-18-10-15(22)6-8-17(18)23/h5-10,14H,11H2,1-4H3,(H,24,28). The molecule has 0 aliphatic carbocycles. The molecule has 9 heteroatoms. The van der Waals surface area contributed by atoms with Gasteiger partial charge in [-0.1, -0.05) is 41.0 Å². The van der Waals surface area contributed by atoms with Gasteiger partial charge < -0.3 is 14.6 Å². The quantitative estimate of drug-likeness (QED) is 0.460. The zero-order chi connectivity index (χ0) is 21.8. The van der Waals surface area contributed by atoms with Crippen molar-refractivity contribution < 1.29 is 9.53 Å². The zero-order valence-corrected chi connectivity index (χ0v) is 19.4. The summed E-state index contributed by atoms with van der Waals surface area (Å²) in [7, 11) is 1.85. The van der Waals surface area contributed by atoms with Gasteiger partial charge in [0.1, 0.15) is 5.75 Å². The highest BCUT2D eigenvalue weighted by Crippen LogP contribution is 2.27. The molecule has 1 atom stereocenters. The predicted octanol–water partition coefficient (Wildman–Crippen LogP) is 5.61. The maximum Gasteiger partial charge on any atom is 0.234 e. The Kier molecular flexibility index (Phi) is 7.28. The van der Waals surface area contributed by atoms with Gasteiger partial charge in [-0.25, -0.2) is 0 Å². The second-order valence-electron chi connectivity index (χ2n) is 6.87. The van der Waals surface area contributed by atoms with Crippen molar-refractivity contribution in [3.8, 4) is 5.75 Å². The van der Waals surface area contributed by atoms with Crippen LogP contribution in [0.15, 0.2) is 41.6 Å². The fourth-order valence-electron chi connectivity index (χ4n) is 2.76. The molecule has 2 aromatic carbocycles. The molecule has 0 saturated carbocycles. The fourth-order valence-corrected chi connectivity index (χ4v) is 3.81. The predicted molar refractivity (Wildman–Crippen MR) is 122 cm³/mol. The lowest BCUT2D eigenvalue weighted by Gasteiger charge is -2.15. The Morgan fingerprint density at radius 2 is 1.93 bits per heavy atom. The third-order valence-corrected chi connectivity index (χ3v) is 6.14. The zero-order valence-electron chi connectivity index (χ0n) is 17.1. The van der Waals surface area contributed by atoms with Gasteiger partial charge in [0.05, 0.1) is 16.5 Å². The number of aryl methyl sites for hydroxylation is 2. The van der Waals surface area contributed by atoms with Gasteiger partial charge in [-0.3, -0.25) is 4.79 Å². The van der Waals surface area contributed by atoms with E-state index < -0.39 is 0 Å². The largest absolute Gasteiger partial charge is 0.483 e. The third kappa shape index (κ3) is 5.47. The van der Waals surface area contributed by atoms with Gasteiger partial charge in [0.15, 0.2) is 17.1 Å². The number of anilines is 1. The molecule has 0 aliphatic heterocycles. The normalized spacial score (nSPS) is 11.9. The lowest BCUT2D eigenvalue weighted by atomic mass is 10.1. The molecule has 1 heterocycles. The van der Waals surface area contributed by atoms with Gasteiger partial charge >= 0.3 is 0 Å². The fraction of sp³-hybridized carbons (Fsp3) is 0.286. The number of nitrogens with one attached hydrogen (secondary N) is 1. The first-order chi connectivity index (χ1) is 14.2. The molecule has 1 amide bonds. The number of hydrogen-bond acceptors (Lipinski definition) is 5. The summed E-state index contributed by atoms with van der Waals surface area (Å²) >= 11 is 13.3. The summed E-state index contributed by atoms with van der Waals surface area (Å²) in [6.45, 7) is 6.03. The molecule has 3 aromatic rings. The van der Waals surface area contributed by atoms with E-state index in [1.807, 2.05) is 43.7 Å². The van der Waals surface area contributed by atoms with Crippen molar-refractivity contribution >= 4 is 46.6 Å². The Labute approximate surface area is 189 Å². The van der Waals surface area contributed by atoms with Crippen LogP contribution < -0.4 is 10.1 Å². The Balaban J connectivity index is 1.61. The van der Waals surface area contributed by atoms with Crippen LogP contribution in [0.2, 0.25) is 10.0 Å². The summed E-state index contributed by atoms with van der Waals surface area (Å²) in [5.41, 5.74) is 2.85.